The third-order valence-corrected chi connectivity index (χ3v) is 6.00. The summed E-state index contributed by atoms with van der Waals surface area (Å²) in [4.78, 5) is 12.6. The summed E-state index contributed by atoms with van der Waals surface area (Å²) in [5.74, 6) is 3.92. The van der Waals surface area contributed by atoms with Gasteiger partial charge in [-0.05, 0) is 61.8 Å². The molecule has 1 aromatic carbocycles. The highest BCUT2D eigenvalue weighted by atomic mass is 16.1. The van der Waals surface area contributed by atoms with Gasteiger partial charge in [0.25, 0.3) is 0 Å². The Kier molecular flexibility index (Phi) is 2.75. The highest BCUT2D eigenvalue weighted by Gasteiger charge is 2.56. The predicted octanol–water partition coefficient (Wildman–Crippen LogP) is 3.87. The molecule has 0 spiro atoms. The summed E-state index contributed by atoms with van der Waals surface area (Å²) in [5, 5.41) is 0. The third kappa shape index (κ3) is 1.86. The minimum Gasteiger partial charge on any atom is -0.299 e. The minimum absolute atomic E-state index is 0.374. The van der Waals surface area contributed by atoms with Gasteiger partial charge in [-0.1, -0.05) is 30.3 Å². The first-order chi connectivity index (χ1) is 9.33. The SMILES string of the molecule is O=C1C(CCc2ccccc2)C[C@H]2[C@@H]3CC[C@@H](C3)[C@@H]12. The van der Waals surface area contributed by atoms with Crippen molar-refractivity contribution in [3.05, 3.63) is 35.9 Å². The van der Waals surface area contributed by atoms with Crippen molar-refractivity contribution in [2.45, 2.75) is 38.5 Å². The van der Waals surface area contributed by atoms with E-state index in [1.807, 2.05) is 0 Å². The van der Waals surface area contributed by atoms with Crippen LogP contribution in [0.5, 0.6) is 0 Å². The van der Waals surface area contributed by atoms with E-state index >= 15 is 0 Å². The van der Waals surface area contributed by atoms with E-state index in [-0.39, 0.29) is 0 Å². The smallest absolute Gasteiger partial charge is 0.139 e. The number of fused-ring (bicyclic) bond motifs is 5. The second kappa shape index (κ2) is 4.47. The summed E-state index contributed by atoms with van der Waals surface area (Å²) < 4.78 is 0. The molecule has 1 aromatic rings. The molecular formula is C18H22O. The molecule has 0 saturated heterocycles. The van der Waals surface area contributed by atoms with Gasteiger partial charge in [0.1, 0.15) is 5.78 Å². The lowest BCUT2D eigenvalue weighted by Gasteiger charge is -2.22. The van der Waals surface area contributed by atoms with E-state index in [1.54, 1.807) is 0 Å². The Labute approximate surface area is 115 Å². The van der Waals surface area contributed by atoms with Crippen LogP contribution in [0.2, 0.25) is 0 Å². The number of benzene rings is 1. The molecule has 1 heteroatoms. The summed E-state index contributed by atoms with van der Waals surface area (Å²) in [6.07, 6.45) is 7.47. The lowest BCUT2D eigenvalue weighted by Crippen LogP contribution is -2.23. The molecule has 1 nitrogen and oxygen atoms in total. The molecule has 3 saturated carbocycles. The molecule has 2 bridgehead atoms. The van der Waals surface area contributed by atoms with Crippen LogP contribution < -0.4 is 0 Å². The average molecular weight is 254 g/mol. The highest BCUT2D eigenvalue weighted by molar-refractivity contribution is 5.86. The van der Waals surface area contributed by atoms with Gasteiger partial charge in [0.05, 0.1) is 0 Å². The Bertz CT molecular complexity index is 478. The molecule has 0 N–H and O–H groups in total. The van der Waals surface area contributed by atoms with E-state index in [0.29, 0.717) is 17.6 Å². The van der Waals surface area contributed by atoms with Gasteiger partial charge in [-0.15, -0.1) is 0 Å². The van der Waals surface area contributed by atoms with Crippen molar-refractivity contribution in [1.29, 1.82) is 0 Å². The molecule has 3 aliphatic carbocycles. The first-order valence-electron chi connectivity index (χ1n) is 7.90. The second-order valence-electron chi connectivity index (χ2n) is 6.88. The van der Waals surface area contributed by atoms with Gasteiger partial charge in [-0.3, -0.25) is 4.79 Å². The van der Waals surface area contributed by atoms with Crippen molar-refractivity contribution >= 4 is 5.78 Å². The summed E-state index contributed by atoms with van der Waals surface area (Å²) >= 11 is 0. The van der Waals surface area contributed by atoms with Crippen molar-refractivity contribution in [2.75, 3.05) is 0 Å². The van der Waals surface area contributed by atoms with Gasteiger partial charge in [0.2, 0.25) is 0 Å². The summed E-state index contributed by atoms with van der Waals surface area (Å²) in [6, 6.07) is 10.6. The standard InChI is InChI=1S/C18H22O/c19-18-15(7-6-12-4-2-1-3-5-12)11-16-13-8-9-14(10-13)17(16)18/h1-5,13-17H,6-11H2/t13-,14+,15?,16+,17-/m1/s1. The van der Waals surface area contributed by atoms with Crippen LogP contribution >= 0.6 is 0 Å². The predicted molar refractivity (Wildman–Crippen MR) is 75.7 cm³/mol. The Morgan fingerprint density at radius 2 is 1.79 bits per heavy atom. The maximum absolute atomic E-state index is 12.6. The first-order valence-corrected chi connectivity index (χ1v) is 7.90. The average Bonchev–Trinajstić information content (AvgIpc) is 3.11. The molecule has 3 aliphatic rings. The monoisotopic (exact) mass is 254 g/mol. The number of Topliss-reactive ketones (excluding diaryl/α,β-unsaturated/α-hetero) is 1. The van der Waals surface area contributed by atoms with Crippen LogP contribution in [0.25, 0.3) is 0 Å². The van der Waals surface area contributed by atoms with E-state index in [0.717, 1.165) is 30.6 Å². The lowest BCUT2D eigenvalue weighted by atomic mass is 9.81. The molecule has 19 heavy (non-hydrogen) atoms. The van der Waals surface area contributed by atoms with Crippen molar-refractivity contribution in [3.8, 4) is 0 Å². The van der Waals surface area contributed by atoms with E-state index in [1.165, 1.54) is 31.2 Å². The molecule has 1 unspecified atom stereocenters. The van der Waals surface area contributed by atoms with Gasteiger partial charge in [-0.25, -0.2) is 0 Å². The maximum atomic E-state index is 12.6. The zero-order chi connectivity index (χ0) is 12.8. The van der Waals surface area contributed by atoms with Crippen LogP contribution in [0, 0.1) is 29.6 Å². The van der Waals surface area contributed by atoms with E-state index < -0.39 is 0 Å². The summed E-state index contributed by atoms with van der Waals surface area (Å²) in [7, 11) is 0. The molecule has 3 fully saturated rings. The topological polar surface area (TPSA) is 17.1 Å². The van der Waals surface area contributed by atoms with Gasteiger partial charge >= 0.3 is 0 Å². The summed E-state index contributed by atoms with van der Waals surface area (Å²) in [5.41, 5.74) is 1.38. The molecule has 0 aromatic heterocycles. The Morgan fingerprint density at radius 1 is 1.00 bits per heavy atom. The molecule has 0 heterocycles. The molecule has 100 valence electrons. The van der Waals surface area contributed by atoms with Crippen molar-refractivity contribution < 1.29 is 4.79 Å². The largest absolute Gasteiger partial charge is 0.299 e. The van der Waals surface area contributed by atoms with Gasteiger partial charge in [-0.2, -0.15) is 0 Å². The minimum atomic E-state index is 0.374. The fraction of sp³-hybridized carbons (Fsp3) is 0.611. The number of hydrogen-bond acceptors (Lipinski definition) is 1. The normalized spacial score (nSPS) is 39.8. The van der Waals surface area contributed by atoms with Crippen LogP contribution in [0.1, 0.15) is 37.7 Å². The fourth-order valence-corrected chi connectivity index (χ4v) is 5.16. The fourth-order valence-electron chi connectivity index (χ4n) is 5.16. The quantitative estimate of drug-likeness (QED) is 0.800. The second-order valence-corrected chi connectivity index (χ2v) is 6.88. The van der Waals surface area contributed by atoms with Crippen LogP contribution in [0.15, 0.2) is 30.3 Å². The highest BCUT2D eigenvalue weighted by Crippen LogP contribution is 2.59. The number of aryl methyl sites for hydroxylation is 1. The molecule has 0 aliphatic heterocycles. The first kappa shape index (κ1) is 11.7. The summed E-state index contributed by atoms with van der Waals surface area (Å²) in [6.45, 7) is 0. The Hall–Kier alpha value is -1.11. The zero-order valence-corrected chi connectivity index (χ0v) is 11.4. The van der Waals surface area contributed by atoms with Crippen LogP contribution in [0.4, 0.5) is 0 Å². The number of hydrogen-bond donors (Lipinski definition) is 0. The molecule has 5 atom stereocenters. The van der Waals surface area contributed by atoms with E-state index in [2.05, 4.69) is 30.3 Å². The number of rotatable bonds is 3. The Morgan fingerprint density at radius 3 is 2.58 bits per heavy atom. The van der Waals surface area contributed by atoms with Crippen LogP contribution in [-0.4, -0.2) is 5.78 Å². The molecular weight excluding hydrogens is 232 g/mol. The van der Waals surface area contributed by atoms with E-state index in [4.69, 9.17) is 0 Å². The van der Waals surface area contributed by atoms with Gasteiger partial charge in [0.15, 0.2) is 0 Å². The molecule has 4 rings (SSSR count). The third-order valence-electron chi connectivity index (χ3n) is 6.00. The maximum Gasteiger partial charge on any atom is 0.139 e. The van der Waals surface area contributed by atoms with Crippen molar-refractivity contribution in [1.82, 2.24) is 0 Å². The number of carbonyl (C=O) groups excluding carboxylic acids is 1. The van der Waals surface area contributed by atoms with Gasteiger partial charge in [0, 0.05) is 11.8 Å². The Balaban J connectivity index is 1.42. The van der Waals surface area contributed by atoms with Crippen LogP contribution in [0.3, 0.4) is 0 Å². The van der Waals surface area contributed by atoms with E-state index in [9.17, 15) is 4.79 Å². The lowest BCUT2D eigenvalue weighted by molar-refractivity contribution is -0.125. The zero-order valence-electron chi connectivity index (χ0n) is 11.4. The van der Waals surface area contributed by atoms with Crippen molar-refractivity contribution in [3.63, 3.8) is 0 Å². The van der Waals surface area contributed by atoms with Crippen LogP contribution in [-0.2, 0) is 11.2 Å². The number of carbonyl (C=O) groups is 1. The van der Waals surface area contributed by atoms with Gasteiger partial charge < -0.3 is 0 Å². The number of ketones is 1. The molecule has 0 radical (unpaired) electrons. The molecule has 0 amide bonds. The van der Waals surface area contributed by atoms with Crippen molar-refractivity contribution in [2.24, 2.45) is 29.6 Å².